The number of benzene rings is 1. The molecule has 3 heterocycles. The number of fused-ring (bicyclic) bond motifs is 1. The van der Waals surface area contributed by atoms with Gasteiger partial charge in [-0.15, -0.1) is 24.8 Å². The molecule has 1 aromatic heterocycles. The van der Waals surface area contributed by atoms with Crippen LogP contribution in [0.15, 0.2) is 30.6 Å². The first-order valence-corrected chi connectivity index (χ1v) is 13.0. The summed E-state index contributed by atoms with van der Waals surface area (Å²) in [5.41, 5.74) is 2.79. The first-order chi connectivity index (χ1) is 17.0. The Hall–Kier alpha value is -1.68. The Morgan fingerprint density at radius 1 is 1.14 bits per heavy atom. The molecule has 0 bridgehead atoms. The fourth-order valence-electron chi connectivity index (χ4n) is 5.54. The topological polar surface area (TPSA) is 90.8 Å². The maximum Gasteiger partial charge on any atom is 0.231 e. The zero-order valence-electron chi connectivity index (χ0n) is 21.0. The highest BCUT2D eigenvalue weighted by atomic mass is 35.5. The highest BCUT2D eigenvalue weighted by Crippen LogP contribution is 2.42. The fourth-order valence-corrected chi connectivity index (χ4v) is 5.67. The molecule has 2 aliphatic heterocycles. The summed E-state index contributed by atoms with van der Waals surface area (Å²) in [5.74, 6) is 1.01. The van der Waals surface area contributed by atoms with Gasteiger partial charge < -0.3 is 25.0 Å². The van der Waals surface area contributed by atoms with Crippen molar-refractivity contribution in [1.29, 1.82) is 0 Å². The second-order valence-electron chi connectivity index (χ2n) is 9.86. The predicted molar refractivity (Wildman–Crippen MR) is 149 cm³/mol. The SMILES string of the molecule is C[C@@H]1C[C@@H](O)c2ncnc(N3CCN(C(=O)C(CNC4CCOCC4)c4ccc(Cl)cc4)CC3)c21.Cl.Cl. The number of amides is 1. The van der Waals surface area contributed by atoms with Crippen LogP contribution in [0.2, 0.25) is 5.02 Å². The quantitative estimate of drug-likeness (QED) is 0.545. The molecule has 37 heavy (non-hydrogen) atoms. The van der Waals surface area contributed by atoms with E-state index < -0.39 is 6.10 Å². The summed E-state index contributed by atoms with van der Waals surface area (Å²) in [4.78, 5) is 26.8. The van der Waals surface area contributed by atoms with Crippen molar-refractivity contribution in [3.05, 3.63) is 52.4 Å². The minimum atomic E-state index is -0.520. The van der Waals surface area contributed by atoms with Crippen LogP contribution < -0.4 is 10.2 Å². The first kappa shape index (κ1) is 29.9. The van der Waals surface area contributed by atoms with Crippen LogP contribution in [0.1, 0.15) is 60.9 Å². The molecule has 2 N–H and O–H groups in total. The van der Waals surface area contributed by atoms with E-state index >= 15 is 0 Å². The number of nitrogens with zero attached hydrogens (tertiary/aromatic N) is 4. The van der Waals surface area contributed by atoms with E-state index in [2.05, 4.69) is 27.1 Å². The number of rotatable bonds is 6. The molecule has 2 fully saturated rings. The Bertz CT molecular complexity index is 1030. The van der Waals surface area contributed by atoms with Gasteiger partial charge in [-0.2, -0.15) is 0 Å². The summed E-state index contributed by atoms with van der Waals surface area (Å²) < 4.78 is 5.48. The number of hydrogen-bond acceptors (Lipinski definition) is 7. The van der Waals surface area contributed by atoms with E-state index in [4.69, 9.17) is 16.3 Å². The lowest BCUT2D eigenvalue weighted by Crippen LogP contribution is -2.51. The molecule has 8 nitrogen and oxygen atoms in total. The summed E-state index contributed by atoms with van der Waals surface area (Å²) in [5, 5.41) is 14.6. The largest absolute Gasteiger partial charge is 0.387 e. The van der Waals surface area contributed by atoms with Crippen molar-refractivity contribution in [3.63, 3.8) is 0 Å². The molecule has 0 radical (unpaired) electrons. The van der Waals surface area contributed by atoms with Crippen LogP contribution in [0.4, 0.5) is 5.82 Å². The monoisotopic (exact) mass is 571 g/mol. The van der Waals surface area contributed by atoms with Crippen LogP contribution in [0, 0.1) is 0 Å². The third-order valence-electron chi connectivity index (χ3n) is 7.57. The van der Waals surface area contributed by atoms with Gasteiger partial charge in [0.25, 0.3) is 0 Å². The molecule has 204 valence electrons. The molecule has 1 aromatic carbocycles. The maximum absolute atomic E-state index is 13.7. The van der Waals surface area contributed by atoms with Gasteiger partial charge in [-0.1, -0.05) is 30.7 Å². The van der Waals surface area contributed by atoms with Crippen LogP contribution in [0.25, 0.3) is 0 Å². The molecule has 1 aliphatic carbocycles. The first-order valence-electron chi connectivity index (χ1n) is 12.6. The van der Waals surface area contributed by atoms with Gasteiger partial charge >= 0.3 is 0 Å². The molecular weight excluding hydrogens is 537 g/mol. The number of aromatic nitrogens is 2. The van der Waals surface area contributed by atoms with E-state index in [0.29, 0.717) is 50.2 Å². The van der Waals surface area contributed by atoms with Crippen molar-refractivity contribution in [2.45, 2.75) is 50.2 Å². The molecule has 3 aliphatic rings. The number of anilines is 1. The highest BCUT2D eigenvalue weighted by Gasteiger charge is 2.35. The van der Waals surface area contributed by atoms with Crippen molar-refractivity contribution in [2.75, 3.05) is 50.8 Å². The zero-order chi connectivity index (χ0) is 24.4. The second-order valence-corrected chi connectivity index (χ2v) is 10.3. The third-order valence-corrected chi connectivity index (χ3v) is 7.82. The van der Waals surface area contributed by atoms with Crippen LogP contribution >= 0.6 is 36.4 Å². The van der Waals surface area contributed by atoms with Crippen LogP contribution in [0.5, 0.6) is 0 Å². The predicted octanol–water partition coefficient (Wildman–Crippen LogP) is 3.72. The number of nitrogens with one attached hydrogen (secondary N) is 1. The van der Waals surface area contributed by atoms with Crippen molar-refractivity contribution >= 4 is 48.1 Å². The van der Waals surface area contributed by atoms with Crippen LogP contribution in [-0.4, -0.2) is 77.9 Å². The number of piperazine rings is 1. The van der Waals surface area contributed by atoms with Gasteiger partial charge in [0.05, 0.1) is 17.7 Å². The molecule has 5 rings (SSSR count). The summed E-state index contributed by atoms with van der Waals surface area (Å²) in [6.45, 7) is 6.93. The average molecular weight is 573 g/mol. The van der Waals surface area contributed by atoms with E-state index in [1.54, 1.807) is 6.33 Å². The molecule has 1 unspecified atom stereocenters. The van der Waals surface area contributed by atoms with Crippen LogP contribution in [0.3, 0.4) is 0 Å². The zero-order valence-corrected chi connectivity index (χ0v) is 23.4. The Labute approximate surface area is 235 Å². The van der Waals surface area contributed by atoms with E-state index in [1.165, 1.54) is 0 Å². The number of ether oxygens (including phenoxy) is 1. The van der Waals surface area contributed by atoms with Gasteiger partial charge in [0.2, 0.25) is 5.91 Å². The smallest absolute Gasteiger partial charge is 0.231 e. The molecule has 2 saturated heterocycles. The molecular formula is C26H36Cl3N5O3. The summed E-state index contributed by atoms with van der Waals surface area (Å²) in [6.07, 6.45) is 3.65. The van der Waals surface area contributed by atoms with Gasteiger partial charge in [0.1, 0.15) is 12.1 Å². The van der Waals surface area contributed by atoms with Gasteiger partial charge in [0, 0.05) is 62.6 Å². The Balaban J connectivity index is 0.00000190. The van der Waals surface area contributed by atoms with Crippen molar-refractivity contribution < 1.29 is 14.6 Å². The minimum absolute atomic E-state index is 0. The minimum Gasteiger partial charge on any atom is -0.387 e. The molecule has 0 spiro atoms. The van der Waals surface area contributed by atoms with Crippen molar-refractivity contribution in [1.82, 2.24) is 20.2 Å². The molecule has 11 heteroatoms. The van der Waals surface area contributed by atoms with Gasteiger partial charge in [0.15, 0.2) is 0 Å². The van der Waals surface area contributed by atoms with E-state index in [0.717, 1.165) is 48.7 Å². The lowest BCUT2D eigenvalue weighted by molar-refractivity contribution is -0.133. The Kier molecular flexibility index (Phi) is 10.8. The van der Waals surface area contributed by atoms with E-state index in [9.17, 15) is 9.90 Å². The van der Waals surface area contributed by atoms with E-state index in [1.807, 2.05) is 29.2 Å². The van der Waals surface area contributed by atoms with Gasteiger partial charge in [-0.25, -0.2) is 9.97 Å². The van der Waals surface area contributed by atoms with E-state index in [-0.39, 0.29) is 42.6 Å². The highest BCUT2D eigenvalue weighted by molar-refractivity contribution is 6.30. The normalized spacial score (nSPS) is 22.6. The molecule has 0 saturated carbocycles. The summed E-state index contributed by atoms with van der Waals surface area (Å²) in [6, 6.07) is 8.01. The summed E-state index contributed by atoms with van der Waals surface area (Å²) >= 11 is 6.12. The van der Waals surface area contributed by atoms with Crippen molar-refractivity contribution in [2.24, 2.45) is 0 Å². The Morgan fingerprint density at radius 3 is 2.49 bits per heavy atom. The number of hydrogen-bond donors (Lipinski definition) is 2. The number of aliphatic hydroxyl groups is 1. The van der Waals surface area contributed by atoms with Crippen molar-refractivity contribution in [3.8, 4) is 0 Å². The third kappa shape index (κ3) is 6.67. The van der Waals surface area contributed by atoms with Gasteiger partial charge in [-0.3, -0.25) is 4.79 Å². The van der Waals surface area contributed by atoms with Gasteiger partial charge in [-0.05, 0) is 42.9 Å². The molecule has 3 atom stereocenters. The van der Waals surface area contributed by atoms with Crippen LogP contribution in [-0.2, 0) is 9.53 Å². The summed E-state index contributed by atoms with van der Waals surface area (Å²) in [7, 11) is 0. The standard InChI is InChI=1S/C26H34ClN5O3.2ClH/c1-17-14-22(33)24-23(17)25(30-16-29-24)31-8-10-32(11-9-31)26(34)21(18-2-4-19(27)5-3-18)15-28-20-6-12-35-13-7-20;;/h2-5,16-17,20-22,28,33H,6-15H2,1H3;2*1H/t17-,21?,22-;;/m1../s1. The number of carbonyl (C=O) groups is 1. The maximum atomic E-state index is 13.7. The number of halogens is 3. The average Bonchev–Trinajstić information content (AvgIpc) is 3.19. The molecule has 2 aromatic rings. The molecule has 1 amide bonds. The lowest BCUT2D eigenvalue weighted by Gasteiger charge is -2.38. The second kappa shape index (κ2) is 13.4. The fraction of sp³-hybridized carbons (Fsp3) is 0.577. The Morgan fingerprint density at radius 2 is 1.81 bits per heavy atom. The number of aliphatic hydroxyl groups excluding tert-OH is 1. The lowest BCUT2D eigenvalue weighted by atomic mass is 9.96. The number of carbonyl (C=O) groups excluding carboxylic acids is 1.